The van der Waals surface area contributed by atoms with Crippen LogP contribution in [0.4, 0.5) is 23.4 Å². The number of ether oxygens (including phenoxy) is 3. The van der Waals surface area contributed by atoms with E-state index in [4.69, 9.17) is 14.2 Å². The summed E-state index contributed by atoms with van der Waals surface area (Å²) in [4.78, 5) is 16.7. The van der Waals surface area contributed by atoms with Crippen LogP contribution in [0, 0.1) is 0 Å². The smallest absolute Gasteiger partial charge is 0.231 e. The molecule has 134 valence electrons. The highest BCUT2D eigenvalue weighted by molar-refractivity contribution is 5.67. The van der Waals surface area contributed by atoms with Gasteiger partial charge in [-0.25, -0.2) is 15.0 Å². The van der Waals surface area contributed by atoms with E-state index in [1.807, 2.05) is 0 Å². The Kier molecular flexibility index (Phi) is 5.28. The summed E-state index contributed by atoms with van der Waals surface area (Å²) in [7, 11) is 4.68. The summed E-state index contributed by atoms with van der Waals surface area (Å²) in [5, 5.41) is 6.12. The van der Waals surface area contributed by atoms with Crippen LogP contribution < -0.4 is 24.8 Å². The number of nitrogens with zero attached hydrogens (tertiary/aromatic N) is 4. The zero-order chi connectivity index (χ0) is 18.4. The number of benzene rings is 1. The predicted octanol–water partition coefficient (Wildman–Crippen LogP) is 2.78. The molecule has 3 rings (SSSR count). The van der Waals surface area contributed by atoms with Crippen molar-refractivity contribution in [3.8, 4) is 17.2 Å². The molecule has 0 aliphatic heterocycles. The van der Waals surface area contributed by atoms with Crippen LogP contribution in [0.1, 0.15) is 0 Å². The monoisotopic (exact) mass is 354 g/mol. The molecule has 0 amide bonds. The molecule has 0 bridgehead atoms. The van der Waals surface area contributed by atoms with Crippen LogP contribution in [0.5, 0.6) is 17.2 Å². The van der Waals surface area contributed by atoms with Gasteiger partial charge in [0.05, 0.1) is 21.3 Å². The second-order valence-corrected chi connectivity index (χ2v) is 5.00. The van der Waals surface area contributed by atoms with Crippen LogP contribution in [0.2, 0.25) is 0 Å². The quantitative estimate of drug-likeness (QED) is 0.663. The van der Waals surface area contributed by atoms with Crippen molar-refractivity contribution in [1.82, 2.24) is 19.9 Å². The third-order valence-corrected chi connectivity index (χ3v) is 3.38. The maximum Gasteiger partial charge on any atom is 0.231 e. The molecular formula is C17H18N6O3. The molecule has 2 aromatic heterocycles. The van der Waals surface area contributed by atoms with Crippen LogP contribution in [-0.4, -0.2) is 41.3 Å². The Bertz CT molecular complexity index is 850. The Morgan fingerprint density at radius 3 is 2.04 bits per heavy atom. The lowest BCUT2D eigenvalue weighted by atomic mass is 10.2. The fourth-order valence-electron chi connectivity index (χ4n) is 2.25. The summed E-state index contributed by atoms with van der Waals surface area (Å²) < 4.78 is 16.0. The van der Waals surface area contributed by atoms with Gasteiger partial charge in [0.2, 0.25) is 17.6 Å². The van der Waals surface area contributed by atoms with Gasteiger partial charge in [0.25, 0.3) is 0 Å². The normalized spacial score (nSPS) is 10.1. The van der Waals surface area contributed by atoms with Crippen molar-refractivity contribution in [2.75, 3.05) is 32.0 Å². The van der Waals surface area contributed by atoms with Crippen molar-refractivity contribution in [3.63, 3.8) is 0 Å². The van der Waals surface area contributed by atoms with Crippen LogP contribution in [0.25, 0.3) is 0 Å². The molecule has 2 heterocycles. The van der Waals surface area contributed by atoms with E-state index >= 15 is 0 Å². The SMILES string of the molecule is COc1cc(Nc2ccnc(Nc3ncccn3)n2)cc(OC)c1OC. The Hall–Kier alpha value is -3.62. The van der Waals surface area contributed by atoms with Crippen LogP contribution in [-0.2, 0) is 0 Å². The van der Waals surface area contributed by atoms with Gasteiger partial charge >= 0.3 is 0 Å². The number of anilines is 4. The van der Waals surface area contributed by atoms with Gasteiger partial charge in [-0.3, -0.25) is 5.32 Å². The number of aromatic nitrogens is 4. The minimum absolute atomic E-state index is 0.369. The lowest BCUT2D eigenvalue weighted by Crippen LogP contribution is -2.03. The number of hydrogen-bond donors (Lipinski definition) is 2. The molecule has 0 unspecified atom stereocenters. The molecule has 9 nitrogen and oxygen atoms in total. The van der Waals surface area contributed by atoms with E-state index in [1.165, 1.54) is 0 Å². The lowest BCUT2D eigenvalue weighted by molar-refractivity contribution is 0.324. The molecule has 0 aliphatic rings. The van der Waals surface area contributed by atoms with Gasteiger partial charge in [-0.05, 0) is 12.1 Å². The molecule has 0 saturated carbocycles. The second kappa shape index (κ2) is 7.97. The highest BCUT2D eigenvalue weighted by Gasteiger charge is 2.13. The zero-order valence-corrected chi connectivity index (χ0v) is 14.6. The van der Waals surface area contributed by atoms with Crippen LogP contribution >= 0.6 is 0 Å². The van der Waals surface area contributed by atoms with Crippen LogP contribution in [0.3, 0.4) is 0 Å². The minimum atomic E-state index is 0.369. The van der Waals surface area contributed by atoms with Crippen molar-refractivity contribution in [2.24, 2.45) is 0 Å². The first-order valence-corrected chi connectivity index (χ1v) is 7.67. The highest BCUT2D eigenvalue weighted by atomic mass is 16.5. The van der Waals surface area contributed by atoms with E-state index < -0.39 is 0 Å². The molecule has 0 fully saturated rings. The van der Waals surface area contributed by atoms with E-state index in [0.717, 1.165) is 5.69 Å². The summed E-state index contributed by atoms with van der Waals surface area (Å²) >= 11 is 0. The van der Waals surface area contributed by atoms with E-state index in [2.05, 4.69) is 30.6 Å². The van der Waals surface area contributed by atoms with E-state index in [-0.39, 0.29) is 0 Å². The molecule has 9 heteroatoms. The van der Waals surface area contributed by atoms with Gasteiger partial charge < -0.3 is 19.5 Å². The molecule has 3 aromatic rings. The maximum atomic E-state index is 5.35. The summed E-state index contributed by atoms with van der Waals surface area (Å²) in [5.41, 5.74) is 0.722. The van der Waals surface area contributed by atoms with Gasteiger partial charge in [0.1, 0.15) is 5.82 Å². The summed E-state index contributed by atoms with van der Waals surface area (Å²) in [6.45, 7) is 0. The number of nitrogens with one attached hydrogen (secondary N) is 2. The first-order valence-electron chi connectivity index (χ1n) is 7.67. The van der Waals surface area contributed by atoms with Crippen molar-refractivity contribution >= 4 is 23.4 Å². The average molecular weight is 354 g/mol. The summed E-state index contributed by atoms with van der Waals surface area (Å²) in [5.74, 6) is 2.96. The highest BCUT2D eigenvalue weighted by Crippen LogP contribution is 2.40. The first kappa shape index (κ1) is 17.2. The van der Waals surface area contributed by atoms with Crippen molar-refractivity contribution in [1.29, 1.82) is 0 Å². The number of rotatable bonds is 7. The summed E-state index contributed by atoms with van der Waals surface area (Å²) in [6, 6.07) is 7.04. The van der Waals surface area contributed by atoms with Gasteiger partial charge in [0, 0.05) is 36.4 Å². The minimum Gasteiger partial charge on any atom is -0.493 e. The van der Waals surface area contributed by atoms with E-state index in [0.29, 0.717) is 35.0 Å². The Balaban J connectivity index is 1.84. The fraction of sp³-hybridized carbons (Fsp3) is 0.176. The van der Waals surface area contributed by atoms with E-state index in [9.17, 15) is 0 Å². The molecule has 0 radical (unpaired) electrons. The molecule has 26 heavy (non-hydrogen) atoms. The number of methoxy groups -OCH3 is 3. The molecule has 1 aromatic carbocycles. The van der Waals surface area contributed by atoms with Gasteiger partial charge in [0.15, 0.2) is 11.5 Å². The molecular weight excluding hydrogens is 336 g/mol. The molecule has 0 saturated heterocycles. The number of hydrogen-bond acceptors (Lipinski definition) is 9. The Labute approximate surface area is 150 Å². The molecule has 0 aliphatic carbocycles. The Morgan fingerprint density at radius 2 is 1.42 bits per heavy atom. The van der Waals surface area contributed by atoms with Gasteiger partial charge in [-0.15, -0.1) is 0 Å². The Morgan fingerprint density at radius 1 is 0.769 bits per heavy atom. The third-order valence-electron chi connectivity index (χ3n) is 3.38. The maximum absolute atomic E-state index is 5.35. The third kappa shape index (κ3) is 3.89. The van der Waals surface area contributed by atoms with Gasteiger partial charge in [-0.2, -0.15) is 4.98 Å². The second-order valence-electron chi connectivity index (χ2n) is 5.00. The predicted molar refractivity (Wildman–Crippen MR) is 96.7 cm³/mol. The van der Waals surface area contributed by atoms with Crippen molar-refractivity contribution < 1.29 is 14.2 Å². The van der Waals surface area contributed by atoms with Crippen molar-refractivity contribution in [3.05, 3.63) is 42.9 Å². The first-order chi connectivity index (χ1) is 12.7. The van der Waals surface area contributed by atoms with Crippen LogP contribution in [0.15, 0.2) is 42.9 Å². The molecule has 0 atom stereocenters. The van der Waals surface area contributed by atoms with Crippen molar-refractivity contribution in [2.45, 2.75) is 0 Å². The fourth-order valence-corrected chi connectivity index (χ4v) is 2.25. The molecule has 0 spiro atoms. The molecule has 2 N–H and O–H groups in total. The lowest BCUT2D eigenvalue weighted by Gasteiger charge is -2.15. The topological polar surface area (TPSA) is 103 Å². The van der Waals surface area contributed by atoms with Gasteiger partial charge in [-0.1, -0.05) is 0 Å². The largest absolute Gasteiger partial charge is 0.493 e. The van der Waals surface area contributed by atoms with E-state index in [1.54, 1.807) is 64.2 Å². The summed E-state index contributed by atoms with van der Waals surface area (Å²) in [6.07, 6.45) is 4.89. The standard InChI is InChI=1S/C17H18N6O3/c1-24-12-9-11(10-13(25-2)15(12)26-3)21-14-5-8-20-17(22-14)23-16-18-6-4-7-19-16/h4-10H,1-3H3,(H2,18,19,20,21,22,23). The zero-order valence-electron chi connectivity index (χ0n) is 14.6. The average Bonchev–Trinajstić information content (AvgIpc) is 2.68.